The molecule has 0 radical (unpaired) electrons. The van der Waals surface area contributed by atoms with Crippen molar-refractivity contribution in [2.75, 3.05) is 14.2 Å². The molecule has 1 fully saturated rings. The minimum absolute atomic E-state index is 0.371. The van der Waals surface area contributed by atoms with E-state index < -0.39 is 46.9 Å². The van der Waals surface area contributed by atoms with Gasteiger partial charge in [-0.15, -0.1) is 0 Å². The number of ketones is 1. The van der Waals surface area contributed by atoms with Gasteiger partial charge < -0.3 is 14.6 Å². The van der Waals surface area contributed by atoms with Crippen molar-refractivity contribution in [2.24, 2.45) is 11.8 Å². The number of benzene rings is 1. The van der Waals surface area contributed by atoms with Crippen molar-refractivity contribution < 1.29 is 33.4 Å². The van der Waals surface area contributed by atoms with Crippen LogP contribution in [0.3, 0.4) is 0 Å². The normalized spacial score (nSPS) is 29.9. The summed E-state index contributed by atoms with van der Waals surface area (Å²) in [5.74, 6) is -6.06. The van der Waals surface area contributed by atoms with Crippen LogP contribution in [0.4, 0.5) is 4.39 Å². The third-order valence-corrected chi connectivity index (χ3v) is 4.43. The lowest BCUT2D eigenvalue weighted by atomic mass is 9.62. The number of ether oxygens (including phenoxy) is 2. The van der Waals surface area contributed by atoms with Crippen LogP contribution >= 0.6 is 0 Å². The van der Waals surface area contributed by atoms with Gasteiger partial charge in [-0.25, -0.2) is 4.39 Å². The minimum Gasteiger partial charge on any atom is -0.469 e. The molecule has 0 unspecified atom stereocenters. The van der Waals surface area contributed by atoms with Crippen molar-refractivity contribution in [3.8, 4) is 0 Å². The monoisotopic (exact) mass is 338 g/mol. The van der Waals surface area contributed by atoms with Crippen LogP contribution in [-0.4, -0.2) is 42.6 Å². The minimum atomic E-state index is -1.70. The number of methoxy groups -OCH3 is 2. The van der Waals surface area contributed by atoms with Crippen molar-refractivity contribution in [3.63, 3.8) is 0 Å². The topological polar surface area (TPSA) is 89.9 Å². The van der Waals surface area contributed by atoms with Crippen molar-refractivity contribution in [3.05, 3.63) is 35.6 Å². The van der Waals surface area contributed by atoms with E-state index in [4.69, 9.17) is 9.47 Å². The van der Waals surface area contributed by atoms with Gasteiger partial charge in [0.15, 0.2) is 5.78 Å². The Balaban J connectivity index is 2.63. The number of carbonyl (C=O) groups is 3. The number of rotatable bonds is 3. The molecule has 4 atom stereocenters. The fourth-order valence-corrected chi connectivity index (χ4v) is 3.35. The molecule has 6 nitrogen and oxygen atoms in total. The Bertz CT molecular complexity index is 652. The molecule has 0 aromatic heterocycles. The summed E-state index contributed by atoms with van der Waals surface area (Å²) < 4.78 is 22.7. The molecule has 1 saturated carbocycles. The number of Topliss-reactive ketones (excluding diaryl/α,β-unsaturated/α-hetero) is 1. The molecule has 1 aromatic rings. The third-order valence-electron chi connectivity index (χ3n) is 4.43. The molecule has 1 aliphatic rings. The van der Waals surface area contributed by atoms with Gasteiger partial charge in [0, 0.05) is 12.3 Å². The second-order valence-corrected chi connectivity index (χ2v) is 6.08. The van der Waals surface area contributed by atoms with Crippen LogP contribution in [0.2, 0.25) is 0 Å². The maximum Gasteiger partial charge on any atom is 0.316 e. The van der Waals surface area contributed by atoms with Gasteiger partial charge in [-0.05, 0) is 24.6 Å². The van der Waals surface area contributed by atoms with Crippen LogP contribution in [0.25, 0.3) is 0 Å². The SMILES string of the molecule is COC(=O)[C@H]1C(=O)C[C@](C)(O)[C@H](C(=O)OC)[C@@H]1c1ccc(F)cc1. The summed E-state index contributed by atoms with van der Waals surface area (Å²) in [7, 11) is 2.29. The van der Waals surface area contributed by atoms with E-state index in [1.54, 1.807) is 0 Å². The van der Waals surface area contributed by atoms with Gasteiger partial charge in [0.1, 0.15) is 11.7 Å². The first-order valence-corrected chi connectivity index (χ1v) is 7.39. The zero-order valence-corrected chi connectivity index (χ0v) is 13.6. The Labute approximate surface area is 138 Å². The second kappa shape index (κ2) is 6.68. The molecule has 24 heavy (non-hydrogen) atoms. The van der Waals surface area contributed by atoms with E-state index in [-0.39, 0.29) is 6.42 Å². The zero-order chi connectivity index (χ0) is 18.1. The maximum absolute atomic E-state index is 13.2. The summed E-state index contributed by atoms with van der Waals surface area (Å²) in [6.07, 6.45) is -0.385. The molecule has 2 rings (SSSR count). The van der Waals surface area contributed by atoms with Crippen molar-refractivity contribution >= 4 is 17.7 Å². The highest BCUT2D eigenvalue weighted by Crippen LogP contribution is 2.46. The number of aliphatic hydroxyl groups is 1. The molecular weight excluding hydrogens is 319 g/mol. The van der Waals surface area contributed by atoms with E-state index in [1.165, 1.54) is 19.1 Å². The van der Waals surface area contributed by atoms with E-state index in [0.29, 0.717) is 5.56 Å². The lowest BCUT2D eigenvalue weighted by Gasteiger charge is -2.43. The summed E-state index contributed by atoms with van der Waals surface area (Å²) in [5.41, 5.74) is -1.33. The number of esters is 2. The summed E-state index contributed by atoms with van der Waals surface area (Å²) >= 11 is 0. The molecular formula is C17H19FO6. The number of carbonyl (C=O) groups excluding carboxylic acids is 3. The van der Waals surface area contributed by atoms with E-state index in [2.05, 4.69) is 0 Å². The predicted octanol–water partition coefficient (Wildman–Crippen LogP) is 1.21. The number of hydrogen-bond acceptors (Lipinski definition) is 6. The summed E-state index contributed by atoms with van der Waals surface area (Å²) in [6.45, 7) is 1.34. The Kier molecular flexibility index (Phi) is 5.03. The van der Waals surface area contributed by atoms with Gasteiger partial charge in [-0.3, -0.25) is 14.4 Å². The van der Waals surface area contributed by atoms with Crippen molar-refractivity contribution in [1.82, 2.24) is 0 Å². The van der Waals surface area contributed by atoms with Gasteiger partial charge in [0.25, 0.3) is 0 Å². The smallest absolute Gasteiger partial charge is 0.316 e. The lowest BCUT2D eigenvalue weighted by molar-refractivity contribution is -0.170. The fourth-order valence-electron chi connectivity index (χ4n) is 3.35. The average molecular weight is 338 g/mol. The van der Waals surface area contributed by atoms with Gasteiger partial charge in [-0.2, -0.15) is 0 Å². The molecule has 130 valence electrons. The molecule has 1 aliphatic carbocycles. The Morgan fingerprint density at radius 3 is 2.21 bits per heavy atom. The largest absolute Gasteiger partial charge is 0.469 e. The van der Waals surface area contributed by atoms with E-state index in [9.17, 15) is 23.9 Å². The summed E-state index contributed by atoms with van der Waals surface area (Å²) in [5, 5.41) is 10.6. The molecule has 1 aromatic carbocycles. The van der Waals surface area contributed by atoms with Crippen LogP contribution in [0, 0.1) is 17.7 Å². The van der Waals surface area contributed by atoms with Crippen LogP contribution in [0.15, 0.2) is 24.3 Å². The van der Waals surface area contributed by atoms with Crippen LogP contribution < -0.4 is 0 Å². The molecule has 0 bridgehead atoms. The zero-order valence-electron chi connectivity index (χ0n) is 13.6. The Hall–Kier alpha value is -2.28. The number of halogens is 1. The quantitative estimate of drug-likeness (QED) is 0.658. The second-order valence-electron chi connectivity index (χ2n) is 6.08. The average Bonchev–Trinajstić information content (AvgIpc) is 2.53. The van der Waals surface area contributed by atoms with E-state index in [0.717, 1.165) is 26.4 Å². The molecule has 0 heterocycles. The highest BCUT2D eigenvalue weighted by Gasteiger charge is 2.56. The van der Waals surface area contributed by atoms with Crippen molar-refractivity contribution in [1.29, 1.82) is 0 Å². The van der Waals surface area contributed by atoms with E-state index >= 15 is 0 Å². The van der Waals surface area contributed by atoms with Gasteiger partial charge in [-0.1, -0.05) is 12.1 Å². The van der Waals surface area contributed by atoms with Gasteiger partial charge >= 0.3 is 11.9 Å². The summed E-state index contributed by atoms with van der Waals surface area (Å²) in [4.78, 5) is 36.9. The predicted molar refractivity (Wildman–Crippen MR) is 80.4 cm³/mol. The third kappa shape index (κ3) is 3.17. The Morgan fingerprint density at radius 1 is 1.17 bits per heavy atom. The molecule has 7 heteroatoms. The first-order chi connectivity index (χ1) is 11.2. The standard InChI is InChI=1S/C17H19FO6/c1-17(22)8-11(19)13(15(20)23-2)12(14(17)16(21)24-3)9-4-6-10(18)7-5-9/h4-7,12-14,22H,8H2,1-3H3/t12-,13+,14+,17+/m1/s1. The van der Waals surface area contributed by atoms with Crippen LogP contribution in [-0.2, 0) is 23.9 Å². The van der Waals surface area contributed by atoms with E-state index in [1.807, 2.05) is 0 Å². The van der Waals surface area contributed by atoms with Gasteiger partial charge in [0.05, 0.1) is 25.7 Å². The summed E-state index contributed by atoms with van der Waals surface area (Å²) in [6, 6.07) is 5.07. The van der Waals surface area contributed by atoms with Crippen LogP contribution in [0.5, 0.6) is 0 Å². The fraction of sp³-hybridized carbons (Fsp3) is 0.471. The first kappa shape index (κ1) is 18.1. The molecule has 0 aliphatic heterocycles. The molecule has 1 N–H and O–H groups in total. The molecule has 0 saturated heterocycles. The maximum atomic E-state index is 13.2. The lowest BCUT2D eigenvalue weighted by Crippen LogP contribution is -2.55. The molecule has 0 spiro atoms. The highest BCUT2D eigenvalue weighted by molar-refractivity contribution is 6.02. The molecule has 0 amide bonds. The van der Waals surface area contributed by atoms with Gasteiger partial charge in [0.2, 0.25) is 0 Å². The van der Waals surface area contributed by atoms with Crippen LogP contribution in [0.1, 0.15) is 24.8 Å². The Morgan fingerprint density at radius 2 is 1.71 bits per heavy atom. The highest BCUT2D eigenvalue weighted by atomic mass is 19.1. The first-order valence-electron chi connectivity index (χ1n) is 7.39. The number of hydrogen-bond donors (Lipinski definition) is 1. The van der Waals surface area contributed by atoms with Crippen molar-refractivity contribution in [2.45, 2.75) is 24.9 Å².